The van der Waals surface area contributed by atoms with Crippen LogP contribution in [0.15, 0.2) is 46.9 Å². The maximum absolute atomic E-state index is 3.50. The summed E-state index contributed by atoms with van der Waals surface area (Å²) >= 11 is 3.50. The summed E-state index contributed by atoms with van der Waals surface area (Å²) in [5.41, 5.74) is 4.59. The Labute approximate surface area is 111 Å². The van der Waals surface area contributed by atoms with Crippen LogP contribution in [0.3, 0.4) is 0 Å². The molecule has 84 valence electrons. The molecule has 0 aliphatic rings. The van der Waals surface area contributed by atoms with E-state index in [9.17, 15) is 0 Å². The van der Waals surface area contributed by atoms with Crippen molar-refractivity contribution in [1.82, 2.24) is 0 Å². The van der Waals surface area contributed by atoms with Crippen LogP contribution in [-0.2, 0) is 0 Å². The molecule has 0 nitrogen and oxygen atoms in total. The second-order valence-corrected chi connectivity index (χ2v) is 4.96. The molecular weight excluding hydrogens is 272 g/mol. The lowest BCUT2D eigenvalue weighted by atomic mass is 10.1. The van der Waals surface area contributed by atoms with Crippen LogP contribution < -0.4 is 0 Å². The molecular formula is C16H13Br. The van der Waals surface area contributed by atoms with Gasteiger partial charge in [-0.05, 0) is 65.2 Å². The lowest BCUT2D eigenvalue weighted by Gasteiger charge is -1.98. The third-order valence-electron chi connectivity index (χ3n) is 2.44. The van der Waals surface area contributed by atoms with E-state index in [0.29, 0.717) is 0 Å². The summed E-state index contributed by atoms with van der Waals surface area (Å²) < 4.78 is 1.04. The van der Waals surface area contributed by atoms with Gasteiger partial charge in [0.15, 0.2) is 0 Å². The Morgan fingerprint density at radius 1 is 0.882 bits per heavy atom. The Balaban J connectivity index is 2.36. The molecule has 0 radical (unpaired) electrons. The largest absolute Gasteiger partial charge is 0.0616 e. The first-order chi connectivity index (χ1) is 8.15. The van der Waals surface area contributed by atoms with Gasteiger partial charge in [-0.2, -0.15) is 0 Å². The highest BCUT2D eigenvalue weighted by atomic mass is 79.9. The van der Waals surface area contributed by atoms with E-state index in [1.807, 2.05) is 24.3 Å². The van der Waals surface area contributed by atoms with Crippen LogP contribution in [0, 0.1) is 25.7 Å². The third kappa shape index (κ3) is 3.22. The minimum atomic E-state index is 1.02. The van der Waals surface area contributed by atoms with Crippen molar-refractivity contribution in [1.29, 1.82) is 0 Å². The van der Waals surface area contributed by atoms with Gasteiger partial charge in [-0.25, -0.2) is 0 Å². The van der Waals surface area contributed by atoms with Crippen molar-refractivity contribution >= 4 is 15.9 Å². The van der Waals surface area contributed by atoms with Crippen molar-refractivity contribution in [3.8, 4) is 11.8 Å². The van der Waals surface area contributed by atoms with E-state index in [1.165, 1.54) is 11.1 Å². The average molecular weight is 285 g/mol. The molecule has 17 heavy (non-hydrogen) atoms. The fourth-order valence-electron chi connectivity index (χ4n) is 1.75. The molecule has 0 N–H and O–H groups in total. The quantitative estimate of drug-likeness (QED) is 0.627. The summed E-state index contributed by atoms with van der Waals surface area (Å²) in [6.07, 6.45) is 0. The Morgan fingerprint density at radius 3 is 2.18 bits per heavy atom. The molecule has 1 heteroatoms. The van der Waals surface area contributed by atoms with Gasteiger partial charge >= 0.3 is 0 Å². The second kappa shape index (κ2) is 5.21. The molecule has 0 aliphatic carbocycles. The zero-order chi connectivity index (χ0) is 12.3. The lowest BCUT2D eigenvalue weighted by molar-refractivity contribution is 1.37. The molecule has 0 aromatic heterocycles. The smallest absolute Gasteiger partial charge is 0.0391 e. The van der Waals surface area contributed by atoms with Gasteiger partial charge in [0.1, 0.15) is 0 Å². The van der Waals surface area contributed by atoms with Gasteiger partial charge < -0.3 is 0 Å². The number of rotatable bonds is 0. The molecule has 0 heterocycles. The molecule has 0 spiro atoms. The predicted molar refractivity (Wildman–Crippen MR) is 76.0 cm³/mol. The first-order valence-electron chi connectivity index (χ1n) is 5.50. The van der Waals surface area contributed by atoms with E-state index in [-0.39, 0.29) is 0 Å². The molecule has 0 amide bonds. The van der Waals surface area contributed by atoms with Gasteiger partial charge in [0.05, 0.1) is 0 Å². The van der Waals surface area contributed by atoms with Gasteiger partial charge in [0.2, 0.25) is 0 Å². The van der Waals surface area contributed by atoms with E-state index in [2.05, 4.69) is 59.8 Å². The predicted octanol–water partition coefficient (Wildman–Crippen LogP) is 4.47. The van der Waals surface area contributed by atoms with Crippen LogP contribution in [0.4, 0.5) is 0 Å². The third-order valence-corrected chi connectivity index (χ3v) is 3.13. The number of hydrogen-bond donors (Lipinski definition) is 0. The van der Waals surface area contributed by atoms with Gasteiger partial charge in [0, 0.05) is 15.6 Å². The Hall–Kier alpha value is -1.52. The normalized spacial score (nSPS) is 9.59. The number of halogens is 1. The van der Waals surface area contributed by atoms with E-state index >= 15 is 0 Å². The summed E-state index contributed by atoms with van der Waals surface area (Å²) in [7, 11) is 0. The summed E-state index contributed by atoms with van der Waals surface area (Å²) in [6.45, 7) is 4.19. The maximum atomic E-state index is 3.50. The lowest BCUT2D eigenvalue weighted by Crippen LogP contribution is -1.82. The van der Waals surface area contributed by atoms with Gasteiger partial charge in [-0.3, -0.25) is 0 Å². The minimum absolute atomic E-state index is 1.02. The van der Waals surface area contributed by atoms with Gasteiger partial charge in [-0.15, -0.1) is 0 Å². The van der Waals surface area contributed by atoms with Crippen molar-refractivity contribution in [3.05, 3.63) is 69.2 Å². The monoisotopic (exact) mass is 284 g/mol. The van der Waals surface area contributed by atoms with Crippen molar-refractivity contribution in [2.24, 2.45) is 0 Å². The van der Waals surface area contributed by atoms with E-state index in [4.69, 9.17) is 0 Å². The Bertz CT molecular complexity index is 580. The number of aryl methyl sites for hydroxylation is 2. The molecule has 0 atom stereocenters. The Kier molecular flexibility index (Phi) is 3.66. The summed E-state index contributed by atoms with van der Waals surface area (Å²) in [6, 6.07) is 14.4. The molecule has 2 aromatic rings. The highest BCUT2D eigenvalue weighted by Gasteiger charge is 1.94. The second-order valence-electron chi connectivity index (χ2n) is 4.11. The summed E-state index contributed by atoms with van der Waals surface area (Å²) in [5.74, 6) is 6.39. The molecule has 0 fully saturated rings. The fraction of sp³-hybridized carbons (Fsp3) is 0.125. The van der Waals surface area contributed by atoms with Crippen LogP contribution in [0.2, 0.25) is 0 Å². The molecule has 0 saturated heterocycles. The molecule has 0 saturated carbocycles. The zero-order valence-corrected chi connectivity index (χ0v) is 11.5. The topological polar surface area (TPSA) is 0 Å². The van der Waals surface area contributed by atoms with Crippen molar-refractivity contribution < 1.29 is 0 Å². The van der Waals surface area contributed by atoms with Crippen molar-refractivity contribution in [3.63, 3.8) is 0 Å². The summed E-state index contributed by atoms with van der Waals surface area (Å²) in [4.78, 5) is 0. The van der Waals surface area contributed by atoms with E-state index < -0.39 is 0 Å². The molecule has 0 unspecified atom stereocenters. The Morgan fingerprint density at radius 2 is 1.53 bits per heavy atom. The first kappa shape index (κ1) is 12.0. The molecule has 2 rings (SSSR count). The maximum Gasteiger partial charge on any atom is 0.0391 e. The van der Waals surface area contributed by atoms with Crippen LogP contribution in [-0.4, -0.2) is 0 Å². The minimum Gasteiger partial charge on any atom is -0.0616 e. The summed E-state index contributed by atoms with van der Waals surface area (Å²) in [5, 5.41) is 0. The van der Waals surface area contributed by atoms with Crippen molar-refractivity contribution in [2.45, 2.75) is 13.8 Å². The van der Waals surface area contributed by atoms with Crippen molar-refractivity contribution in [2.75, 3.05) is 0 Å². The SMILES string of the molecule is Cc1cc(C)cc(C#Cc2ccccc2Br)c1. The van der Waals surface area contributed by atoms with E-state index in [1.54, 1.807) is 0 Å². The standard InChI is InChI=1S/C16H13Br/c1-12-9-13(2)11-14(10-12)7-8-15-5-3-4-6-16(15)17/h3-6,9-11H,1-2H3. The first-order valence-corrected chi connectivity index (χ1v) is 6.29. The fourth-order valence-corrected chi connectivity index (χ4v) is 2.13. The number of benzene rings is 2. The van der Waals surface area contributed by atoms with Crippen LogP contribution in [0.5, 0.6) is 0 Å². The molecule has 0 bridgehead atoms. The van der Waals surface area contributed by atoms with Gasteiger partial charge in [0.25, 0.3) is 0 Å². The molecule has 0 aliphatic heterocycles. The van der Waals surface area contributed by atoms with Gasteiger partial charge in [-0.1, -0.05) is 30.0 Å². The van der Waals surface area contributed by atoms with E-state index in [0.717, 1.165) is 15.6 Å². The number of hydrogen-bond acceptors (Lipinski definition) is 0. The van der Waals surface area contributed by atoms with Crippen LogP contribution in [0.25, 0.3) is 0 Å². The zero-order valence-electron chi connectivity index (χ0n) is 9.92. The molecule has 2 aromatic carbocycles. The average Bonchev–Trinajstić information content (AvgIpc) is 2.27. The van der Waals surface area contributed by atoms with Crippen LogP contribution >= 0.6 is 15.9 Å². The highest BCUT2D eigenvalue weighted by molar-refractivity contribution is 9.10. The van der Waals surface area contributed by atoms with Crippen LogP contribution in [0.1, 0.15) is 22.3 Å². The highest BCUT2D eigenvalue weighted by Crippen LogP contribution is 2.15.